The minimum absolute atomic E-state index is 0.215. The molecule has 5 nitrogen and oxygen atoms in total. The fourth-order valence-corrected chi connectivity index (χ4v) is 4.69. The molecule has 0 aliphatic rings. The molecule has 0 unspecified atom stereocenters. The number of ether oxygens (including phenoxy) is 2. The molecule has 3 aromatic rings. The predicted octanol–water partition coefficient (Wildman–Crippen LogP) is 7.08. The van der Waals surface area contributed by atoms with E-state index in [1.165, 1.54) is 11.8 Å². The first-order valence-corrected chi connectivity index (χ1v) is 12.7. The molecule has 3 aromatic carbocycles. The van der Waals surface area contributed by atoms with Gasteiger partial charge in [0.2, 0.25) is 5.91 Å². The molecule has 10 heteroatoms. The van der Waals surface area contributed by atoms with Crippen LogP contribution in [0.3, 0.4) is 0 Å². The minimum atomic E-state index is -0.215. The van der Waals surface area contributed by atoms with Gasteiger partial charge in [0.1, 0.15) is 6.61 Å². The number of carbonyl (C=O) groups excluding carboxylic acids is 1. The number of methoxy groups -OCH3 is 1. The second kappa shape index (κ2) is 12.7. The van der Waals surface area contributed by atoms with E-state index in [-0.39, 0.29) is 18.3 Å². The number of hydrazone groups is 1. The highest BCUT2D eigenvalue weighted by atomic mass is 127. The second-order valence-corrected chi connectivity index (χ2v) is 10.1. The third-order valence-electron chi connectivity index (χ3n) is 4.23. The molecule has 0 saturated heterocycles. The van der Waals surface area contributed by atoms with Crippen molar-refractivity contribution < 1.29 is 14.3 Å². The molecular weight excluding hydrogens is 618 g/mol. The molecular formula is C23H18Cl3IN2O3S. The standard InChI is InChI=1S/C23H18Cl3IN2O3S/c1-31-21-9-14(11-28-29-22(30)13-33-18-6-4-16(24)5-7-18)8-20(27)23(21)32-12-15-2-3-17(25)10-19(15)26/h2-11H,12-13H2,1H3,(H,29,30)/b28-11-. The first-order chi connectivity index (χ1) is 15.9. The lowest BCUT2D eigenvalue weighted by atomic mass is 10.2. The second-order valence-electron chi connectivity index (χ2n) is 6.59. The Hall–Kier alpha value is -1.65. The summed E-state index contributed by atoms with van der Waals surface area (Å²) in [5, 5.41) is 5.79. The highest BCUT2D eigenvalue weighted by molar-refractivity contribution is 14.1. The summed E-state index contributed by atoms with van der Waals surface area (Å²) >= 11 is 21.6. The van der Waals surface area contributed by atoms with E-state index in [4.69, 9.17) is 44.3 Å². The molecule has 1 N–H and O–H groups in total. The minimum Gasteiger partial charge on any atom is -0.493 e. The summed E-state index contributed by atoms with van der Waals surface area (Å²) in [5.41, 5.74) is 4.08. The normalized spacial score (nSPS) is 10.9. The summed E-state index contributed by atoms with van der Waals surface area (Å²) in [6.07, 6.45) is 1.55. The Labute approximate surface area is 224 Å². The fraction of sp³-hybridized carbons (Fsp3) is 0.130. The molecule has 0 heterocycles. The lowest BCUT2D eigenvalue weighted by Crippen LogP contribution is -2.19. The number of nitrogens with one attached hydrogen (secondary N) is 1. The summed E-state index contributed by atoms with van der Waals surface area (Å²) in [5.74, 6) is 1.15. The first-order valence-electron chi connectivity index (χ1n) is 9.50. The molecule has 0 bridgehead atoms. The van der Waals surface area contributed by atoms with Gasteiger partial charge in [-0.05, 0) is 76.7 Å². The van der Waals surface area contributed by atoms with Gasteiger partial charge < -0.3 is 9.47 Å². The van der Waals surface area contributed by atoms with E-state index in [0.717, 1.165) is 19.6 Å². The van der Waals surface area contributed by atoms with Crippen LogP contribution in [0.4, 0.5) is 0 Å². The summed E-state index contributed by atoms with van der Waals surface area (Å²) in [6.45, 7) is 0.261. The number of carbonyl (C=O) groups is 1. The zero-order valence-electron chi connectivity index (χ0n) is 17.3. The van der Waals surface area contributed by atoms with Crippen molar-refractivity contribution in [2.24, 2.45) is 5.10 Å². The van der Waals surface area contributed by atoms with Gasteiger partial charge in [0.25, 0.3) is 0 Å². The van der Waals surface area contributed by atoms with Crippen LogP contribution < -0.4 is 14.9 Å². The maximum Gasteiger partial charge on any atom is 0.250 e. The van der Waals surface area contributed by atoms with Crippen LogP contribution in [0.1, 0.15) is 11.1 Å². The predicted molar refractivity (Wildman–Crippen MR) is 144 cm³/mol. The van der Waals surface area contributed by atoms with E-state index in [2.05, 4.69) is 33.1 Å². The van der Waals surface area contributed by atoms with Gasteiger partial charge in [-0.2, -0.15) is 5.10 Å². The summed E-state index contributed by atoms with van der Waals surface area (Å²) < 4.78 is 12.3. The molecule has 33 heavy (non-hydrogen) atoms. The van der Waals surface area contributed by atoms with Gasteiger partial charge >= 0.3 is 0 Å². The van der Waals surface area contributed by atoms with E-state index < -0.39 is 0 Å². The van der Waals surface area contributed by atoms with Crippen LogP contribution in [-0.4, -0.2) is 25.0 Å². The Morgan fingerprint density at radius 2 is 1.82 bits per heavy atom. The molecule has 0 spiro atoms. The van der Waals surface area contributed by atoms with Crippen molar-refractivity contribution in [3.8, 4) is 11.5 Å². The molecule has 0 aliphatic heterocycles. The number of thioether (sulfide) groups is 1. The van der Waals surface area contributed by atoms with Crippen molar-refractivity contribution >= 4 is 81.3 Å². The van der Waals surface area contributed by atoms with Crippen molar-refractivity contribution in [2.45, 2.75) is 11.5 Å². The maximum absolute atomic E-state index is 12.0. The number of benzene rings is 3. The lowest BCUT2D eigenvalue weighted by molar-refractivity contribution is -0.118. The Kier molecular flexibility index (Phi) is 10.0. The van der Waals surface area contributed by atoms with E-state index >= 15 is 0 Å². The van der Waals surface area contributed by atoms with Crippen LogP contribution in [0.25, 0.3) is 0 Å². The highest BCUT2D eigenvalue weighted by Gasteiger charge is 2.13. The molecule has 0 aromatic heterocycles. The number of halogens is 4. The summed E-state index contributed by atoms with van der Waals surface area (Å²) in [4.78, 5) is 13.0. The molecule has 0 saturated carbocycles. The SMILES string of the molecule is COc1cc(/C=N\NC(=O)CSc2ccc(Cl)cc2)cc(I)c1OCc1ccc(Cl)cc1Cl. The van der Waals surface area contributed by atoms with E-state index in [0.29, 0.717) is 26.6 Å². The Balaban J connectivity index is 1.59. The van der Waals surface area contributed by atoms with Crippen LogP contribution in [0.2, 0.25) is 15.1 Å². The first kappa shape index (κ1) is 26.0. The van der Waals surface area contributed by atoms with E-state index in [1.807, 2.05) is 24.3 Å². The maximum atomic E-state index is 12.0. The summed E-state index contributed by atoms with van der Waals surface area (Å²) in [6, 6.07) is 16.2. The number of rotatable bonds is 9. The van der Waals surface area contributed by atoms with Crippen LogP contribution in [-0.2, 0) is 11.4 Å². The van der Waals surface area contributed by atoms with Crippen molar-refractivity contribution in [3.63, 3.8) is 0 Å². The van der Waals surface area contributed by atoms with Gasteiger partial charge in [-0.1, -0.05) is 40.9 Å². The van der Waals surface area contributed by atoms with Gasteiger partial charge in [-0.3, -0.25) is 4.79 Å². The smallest absolute Gasteiger partial charge is 0.250 e. The topological polar surface area (TPSA) is 59.9 Å². The van der Waals surface area contributed by atoms with E-state index in [9.17, 15) is 4.79 Å². The number of hydrogen-bond acceptors (Lipinski definition) is 5. The van der Waals surface area contributed by atoms with Crippen LogP contribution in [0.5, 0.6) is 11.5 Å². The Bertz CT molecular complexity index is 1160. The van der Waals surface area contributed by atoms with Crippen molar-refractivity contribution in [1.29, 1.82) is 0 Å². The average Bonchev–Trinajstić information content (AvgIpc) is 2.78. The molecule has 0 atom stereocenters. The quantitative estimate of drug-likeness (QED) is 0.118. The fourth-order valence-electron chi connectivity index (χ4n) is 2.63. The van der Waals surface area contributed by atoms with Crippen molar-refractivity contribution in [1.82, 2.24) is 5.43 Å². The van der Waals surface area contributed by atoms with Gasteiger partial charge in [-0.25, -0.2) is 5.43 Å². The van der Waals surface area contributed by atoms with Crippen molar-refractivity contribution in [3.05, 3.63) is 84.4 Å². The molecule has 0 fully saturated rings. The number of nitrogens with zero attached hydrogens (tertiary/aromatic N) is 1. The molecule has 172 valence electrons. The summed E-state index contributed by atoms with van der Waals surface area (Å²) in [7, 11) is 1.56. The lowest BCUT2D eigenvalue weighted by Gasteiger charge is -2.14. The van der Waals surface area contributed by atoms with Gasteiger partial charge in [0.05, 0.1) is 22.6 Å². The van der Waals surface area contributed by atoms with Crippen molar-refractivity contribution in [2.75, 3.05) is 12.9 Å². The van der Waals surface area contributed by atoms with Gasteiger partial charge in [0.15, 0.2) is 11.5 Å². The Morgan fingerprint density at radius 1 is 1.09 bits per heavy atom. The number of amides is 1. The molecule has 3 rings (SSSR count). The molecule has 0 aliphatic carbocycles. The third-order valence-corrected chi connectivity index (χ3v) is 6.88. The van der Waals surface area contributed by atoms with E-state index in [1.54, 1.807) is 43.7 Å². The molecule has 0 radical (unpaired) electrons. The zero-order chi connectivity index (χ0) is 23.8. The highest BCUT2D eigenvalue weighted by Crippen LogP contribution is 2.35. The zero-order valence-corrected chi connectivity index (χ0v) is 22.5. The van der Waals surface area contributed by atoms with Gasteiger partial charge in [-0.15, -0.1) is 11.8 Å². The monoisotopic (exact) mass is 634 g/mol. The largest absolute Gasteiger partial charge is 0.493 e. The Morgan fingerprint density at radius 3 is 2.52 bits per heavy atom. The average molecular weight is 636 g/mol. The number of hydrogen-bond donors (Lipinski definition) is 1. The van der Waals surface area contributed by atoms with Crippen LogP contribution in [0, 0.1) is 3.57 Å². The van der Waals surface area contributed by atoms with Gasteiger partial charge in [0, 0.05) is 25.5 Å². The van der Waals surface area contributed by atoms with Crippen LogP contribution >= 0.6 is 69.2 Å². The van der Waals surface area contributed by atoms with Crippen LogP contribution in [0.15, 0.2) is 64.6 Å². The molecule has 1 amide bonds. The third kappa shape index (κ3) is 7.96.